The summed E-state index contributed by atoms with van der Waals surface area (Å²) in [4.78, 5) is 2.06. The van der Waals surface area contributed by atoms with Gasteiger partial charge in [0.2, 0.25) is 0 Å². The predicted octanol–water partition coefficient (Wildman–Crippen LogP) is 2.68. The fourth-order valence-corrected chi connectivity index (χ4v) is 1.70. The van der Waals surface area contributed by atoms with Gasteiger partial charge in [0.25, 0.3) is 0 Å². The molecule has 0 heterocycles. The van der Waals surface area contributed by atoms with Crippen LogP contribution in [0.3, 0.4) is 0 Å². The molecule has 1 atom stereocenters. The van der Waals surface area contributed by atoms with E-state index >= 15 is 0 Å². The minimum absolute atomic E-state index is 0.265. The van der Waals surface area contributed by atoms with Gasteiger partial charge in [-0.05, 0) is 58.5 Å². The summed E-state index contributed by atoms with van der Waals surface area (Å²) in [5, 5.41) is 10.5. The van der Waals surface area contributed by atoms with Crippen LogP contribution in [0.5, 0.6) is 0 Å². The first-order valence-electron chi connectivity index (χ1n) is 5.70. The van der Waals surface area contributed by atoms with Gasteiger partial charge in [-0.2, -0.15) is 0 Å². The molecule has 0 aliphatic heterocycles. The Balaban J connectivity index is 3.15. The second kappa shape index (κ2) is 4.56. The van der Waals surface area contributed by atoms with Crippen molar-refractivity contribution >= 4 is 0 Å². The van der Waals surface area contributed by atoms with E-state index in [1.54, 1.807) is 0 Å². The first kappa shape index (κ1) is 13.2. The highest BCUT2D eigenvalue weighted by Crippen LogP contribution is 2.31. The third-order valence-electron chi connectivity index (χ3n) is 3.76. The number of aliphatic hydroxyl groups excluding tert-OH is 1. The molecule has 0 aliphatic rings. The summed E-state index contributed by atoms with van der Waals surface area (Å²) in [5.74, 6) is 0. The summed E-state index contributed by atoms with van der Waals surface area (Å²) in [5.41, 5.74) is 3.17. The molecule has 0 spiro atoms. The predicted molar refractivity (Wildman–Crippen MR) is 68.6 cm³/mol. The maximum Gasteiger partial charge on any atom is 0.0970 e. The van der Waals surface area contributed by atoms with Gasteiger partial charge in [0, 0.05) is 5.54 Å². The van der Waals surface area contributed by atoms with Crippen molar-refractivity contribution in [1.29, 1.82) is 0 Å². The van der Waals surface area contributed by atoms with Crippen molar-refractivity contribution in [3.63, 3.8) is 0 Å². The molecule has 1 unspecified atom stereocenters. The largest absolute Gasteiger partial charge is 0.386 e. The summed E-state index contributed by atoms with van der Waals surface area (Å²) in [6, 6.07) is 6.10. The van der Waals surface area contributed by atoms with E-state index < -0.39 is 6.10 Å². The summed E-state index contributed by atoms with van der Waals surface area (Å²) in [6.07, 6.45) is -0.470. The van der Waals surface area contributed by atoms with Crippen molar-refractivity contribution in [3.8, 4) is 0 Å². The first-order chi connectivity index (χ1) is 7.28. The van der Waals surface area contributed by atoms with Gasteiger partial charge in [-0.25, -0.2) is 0 Å². The third-order valence-corrected chi connectivity index (χ3v) is 3.76. The van der Waals surface area contributed by atoms with Crippen LogP contribution in [0.15, 0.2) is 18.2 Å². The van der Waals surface area contributed by atoms with Crippen LogP contribution in [0.2, 0.25) is 0 Å². The van der Waals surface area contributed by atoms with Crippen LogP contribution >= 0.6 is 0 Å². The van der Waals surface area contributed by atoms with E-state index in [-0.39, 0.29) is 5.54 Å². The number of nitrogens with zero attached hydrogens (tertiary/aromatic N) is 1. The van der Waals surface area contributed by atoms with Crippen molar-refractivity contribution in [2.45, 2.75) is 39.3 Å². The van der Waals surface area contributed by atoms with Crippen molar-refractivity contribution in [1.82, 2.24) is 4.90 Å². The van der Waals surface area contributed by atoms with Crippen LogP contribution in [0.4, 0.5) is 0 Å². The second-order valence-electron chi connectivity index (χ2n) is 5.24. The zero-order chi connectivity index (χ0) is 12.5. The Labute approximate surface area is 98.9 Å². The molecular formula is C14H23NO. The van der Waals surface area contributed by atoms with Crippen LogP contribution in [0.1, 0.15) is 36.6 Å². The topological polar surface area (TPSA) is 23.5 Å². The molecule has 2 heteroatoms. The molecule has 2 nitrogen and oxygen atoms in total. The van der Waals surface area contributed by atoms with E-state index in [2.05, 4.69) is 38.7 Å². The fourth-order valence-electron chi connectivity index (χ4n) is 1.70. The quantitative estimate of drug-likeness (QED) is 0.848. The van der Waals surface area contributed by atoms with Crippen LogP contribution in [0.25, 0.3) is 0 Å². The summed E-state index contributed by atoms with van der Waals surface area (Å²) in [6.45, 7) is 8.26. The van der Waals surface area contributed by atoms with Crippen LogP contribution < -0.4 is 0 Å². The van der Waals surface area contributed by atoms with Gasteiger partial charge < -0.3 is 10.0 Å². The molecule has 16 heavy (non-hydrogen) atoms. The molecule has 1 aromatic rings. The molecule has 0 radical (unpaired) electrons. The van der Waals surface area contributed by atoms with Crippen molar-refractivity contribution in [2.24, 2.45) is 0 Å². The van der Waals surface area contributed by atoms with Crippen molar-refractivity contribution in [3.05, 3.63) is 34.9 Å². The Kier molecular flexibility index (Phi) is 3.76. The van der Waals surface area contributed by atoms with Crippen LogP contribution in [-0.4, -0.2) is 29.6 Å². The molecular weight excluding hydrogens is 198 g/mol. The summed E-state index contributed by atoms with van der Waals surface area (Å²) < 4.78 is 0. The molecule has 0 saturated heterocycles. The zero-order valence-electron chi connectivity index (χ0n) is 11.2. The third kappa shape index (κ3) is 2.28. The molecule has 0 fully saturated rings. The lowest BCUT2D eigenvalue weighted by molar-refractivity contribution is 0.0160. The summed E-state index contributed by atoms with van der Waals surface area (Å²) in [7, 11) is 3.99. The number of hydrogen-bond acceptors (Lipinski definition) is 2. The van der Waals surface area contributed by atoms with Gasteiger partial charge in [-0.3, -0.25) is 0 Å². The molecule has 0 saturated carbocycles. The molecule has 1 aromatic carbocycles. The highest BCUT2D eigenvalue weighted by molar-refractivity contribution is 5.35. The monoisotopic (exact) mass is 221 g/mol. The lowest BCUT2D eigenvalue weighted by atomic mass is 9.87. The Morgan fingerprint density at radius 1 is 1.19 bits per heavy atom. The molecule has 0 aromatic heterocycles. The number of likely N-dealkylation sites (N-methyl/N-ethyl adjacent to an activating group) is 1. The van der Waals surface area contributed by atoms with Gasteiger partial charge in [0.15, 0.2) is 0 Å². The Morgan fingerprint density at radius 2 is 1.75 bits per heavy atom. The van der Waals surface area contributed by atoms with E-state index in [1.165, 1.54) is 11.1 Å². The maximum absolute atomic E-state index is 10.5. The zero-order valence-corrected chi connectivity index (χ0v) is 11.2. The van der Waals surface area contributed by atoms with Gasteiger partial charge in [-0.15, -0.1) is 0 Å². The average Bonchev–Trinajstić information content (AvgIpc) is 2.21. The lowest BCUT2D eigenvalue weighted by Gasteiger charge is -2.38. The number of hydrogen-bond donors (Lipinski definition) is 1. The maximum atomic E-state index is 10.5. The number of aryl methyl sites for hydroxylation is 1. The molecule has 0 amide bonds. The highest BCUT2D eigenvalue weighted by Gasteiger charge is 2.32. The normalized spacial score (nSPS) is 14.2. The SMILES string of the molecule is Cc1cccc(C(O)C(C)(C)N(C)C)c1C. The smallest absolute Gasteiger partial charge is 0.0970 e. The first-order valence-corrected chi connectivity index (χ1v) is 5.70. The van der Waals surface area contributed by atoms with Crippen LogP contribution in [0, 0.1) is 13.8 Å². The lowest BCUT2D eigenvalue weighted by Crippen LogP contribution is -2.44. The van der Waals surface area contributed by atoms with Gasteiger partial charge in [0.1, 0.15) is 0 Å². The fraction of sp³-hybridized carbons (Fsp3) is 0.571. The molecule has 1 N–H and O–H groups in total. The van der Waals surface area contributed by atoms with E-state index in [4.69, 9.17) is 0 Å². The highest BCUT2D eigenvalue weighted by atomic mass is 16.3. The molecule has 1 rings (SSSR count). The number of benzene rings is 1. The summed E-state index contributed by atoms with van der Waals surface area (Å²) >= 11 is 0. The number of aliphatic hydroxyl groups is 1. The molecule has 90 valence electrons. The van der Waals surface area contributed by atoms with E-state index in [0.29, 0.717) is 0 Å². The molecule has 0 bridgehead atoms. The Hall–Kier alpha value is -0.860. The van der Waals surface area contributed by atoms with Gasteiger partial charge >= 0.3 is 0 Å². The Bertz CT molecular complexity index is 369. The van der Waals surface area contributed by atoms with Gasteiger partial charge in [-0.1, -0.05) is 18.2 Å². The average molecular weight is 221 g/mol. The standard InChI is InChI=1S/C14H23NO/c1-10-8-7-9-12(11(10)2)13(16)14(3,4)15(5)6/h7-9,13,16H,1-6H3. The van der Waals surface area contributed by atoms with Gasteiger partial charge in [0.05, 0.1) is 6.10 Å². The minimum atomic E-state index is -0.470. The van der Waals surface area contributed by atoms with E-state index in [9.17, 15) is 5.11 Å². The van der Waals surface area contributed by atoms with Crippen molar-refractivity contribution < 1.29 is 5.11 Å². The molecule has 0 aliphatic carbocycles. The minimum Gasteiger partial charge on any atom is -0.386 e. The second-order valence-corrected chi connectivity index (χ2v) is 5.24. The van der Waals surface area contributed by atoms with E-state index in [0.717, 1.165) is 5.56 Å². The Morgan fingerprint density at radius 3 is 2.25 bits per heavy atom. The van der Waals surface area contributed by atoms with Crippen LogP contribution in [-0.2, 0) is 0 Å². The van der Waals surface area contributed by atoms with E-state index in [1.807, 2.05) is 26.2 Å². The number of rotatable bonds is 3. The van der Waals surface area contributed by atoms with Crippen molar-refractivity contribution in [2.75, 3.05) is 14.1 Å².